The maximum Gasteiger partial charge on any atom is 0.0101 e. The zero-order valence-corrected chi connectivity index (χ0v) is 9.06. The van der Waals surface area contributed by atoms with Crippen LogP contribution in [0.25, 0.3) is 0 Å². The van der Waals surface area contributed by atoms with Crippen LogP contribution in [0.1, 0.15) is 26.7 Å². The second-order valence-electron chi connectivity index (χ2n) is 3.86. The molecule has 74 valence electrons. The number of rotatable bonds is 7. The van der Waals surface area contributed by atoms with Gasteiger partial charge in [-0.1, -0.05) is 20.3 Å². The number of hydrogen-bond donors (Lipinski definition) is 1. The molecule has 0 aromatic carbocycles. The van der Waals surface area contributed by atoms with E-state index in [-0.39, 0.29) is 0 Å². The first-order chi connectivity index (χ1) is 5.66. The third-order valence-corrected chi connectivity index (χ3v) is 2.25. The third kappa shape index (κ3) is 8.02. The number of nitrogens with one attached hydrogen (secondary N) is 1. The van der Waals surface area contributed by atoms with Crippen molar-refractivity contribution in [1.82, 2.24) is 10.2 Å². The molecule has 1 N–H and O–H groups in total. The Morgan fingerprint density at radius 1 is 1.25 bits per heavy atom. The fourth-order valence-electron chi connectivity index (χ4n) is 0.980. The molecule has 0 amide bonds. The van der Waals surface area contributed by atoms with Gasteiger partial charge in [-0.2, -0.15) is 0 Å². The molecule has 0 heterocycles. The van der Waals surface area contributed by atoms with Gasteiger partial charge >= 0.3 is 0 Å². The molecule has 1 atom stereocenters. The molecular formula is C10H24N2. The van der Waals surface area contributed by atoms with E-state index in [1.54, 1.807) is 0 Å². The van der Waals surface area contributed by atoms with E-state index >= 15 is 0 Å². The molecule has 0 aliphatic carbocycles. The highest BCUT2D eigenvalue weighted by atomic mass is 15.1. The molecule has 0 bridgehead atoms. The Balaban J connectivity index is 3.00. The van der Waals surface area contributed by atoms with Gasteiger partial charge in [0.25, 0.3) is 0 Å². The Labute approximate surface area is 77.3 Å². The molecule has 0 aliphatic rings. The molecule has 0 aromatic heterocycles. The Morgan fingerprint density at radius 2 is 1.92 bits per heavy atom. The first kappa shape index (κ1) is 11.9. The van der Waals surface area contributed by atoms with Crippen LogP contribution in [0, 0.1) is 5.92 Å². The maximum atomic E-state index is 3.44. The Bertz CT molecular complexity index is 91.8. The van der Waals surface area contributed by atoms with Gasteiger partial charge in [0.2, 0.25) is 0 Å². The second kappa shape index (κ2) is 7.56. The lowest BCUT2D eigenvalue weighted by atomic mass is 10.1. The fraction of sp³-hybridized carbons (Fsp3) is 1.00. The highest BCUT2D eigenvalue weighted by Gasteiger charge is 1.97. The van der Waals surface area contributed by atoms with Gasteiger partial charge in [-0.3, -0.25) is 0 Å². The summed E-state index contributed by atoms with van der Waals surface area (Å²) in [5, 5.41) is 3.44. The highest BCUT2D eigenvalue weighted by Crippen LogP contribution is 2.03. The number of likely N-dealkylation sites (N-methyl/N-ethyl adjacent to an activating group) is 1. The van der Waals surface area contributed by atoms with Gasteiger partial charge in [-0.25, -0.2) is 0 Å². The minimum absolute atomic E-state index is 0.872. The van der Waals surface area contributed by atoms with Crippen molar-refractivity contribution in [3.05, 3.63) is 0 Å². The van der Waals surface area contributed by atoms with E-state index < -0.39 is 0 Å². The molecule has 0 aromatic rings. The van der Waals surface area contributed by atoms with Crippen molar-refractivity contribution in [3.8, 4) is 0 Å². The van der Waals surface area contributed by atoms with Gasteiger partial charge in [0, 0.05) is 13.1 Å². The van der Waals surface area contributed by atoms with Crippen molar-refractivity contribution in [3.63, 3.8) is 0 Å². The van der Waals surface area contributed by atoms with Gasteiger partial charge in [0.05, 0.1) is 0 Å². The molecule has 0 aliphatic heterocycles. The van der Waals surface area contributed by atoms with E-state index in [1.807, 2.05) is 0 Å². The summed E-state index contributed by atoms with van der Waals surface area (Å²) in [4.78, 5) is 2.20. The van der Waals surface area contributed by atoms with E-state index in [0.717, 1.165) is 19.0 Å². The summed E-state index contributed by atoms with van der Waals surface area (Å²) < 4.78 is 0. The zero-order valence-electron chi connectivity index (χ0n) is 9.06. The van der Waals surface area contributed by atoms with E-state index in [0.29, 0.717) is 0 Å². The molecule has 0 spiro atoms. The SMILES string of the molecule is CCC(C)CCNCCN(C)C. The predicted octanol–water partition coefficient (Wildman–Crippen LogP) is 1.57. The van der Waals surface area contributed by atoms with Crippen LogP contribution in [-0.4, -0.2) is 38.6 Å². The molecule has 2 heteroatoms. The number of hydrogen-bond acceptors (Lipinski definition) is 2. The quantitative estimate of drug-likeness (QED) is 0.586. The highest BCUT2D eigenvalue weighted by molar-refractivity contribution is 4.55. The van der Waals surface area contributed by atoms with Gasteiger partial charge in [0.15, 0.2) is 0 Å². The fourth-order valence-corrected chi connectivity index (χ4v) is 0.980. The van der Waals surface area contributed by atoms with Crippen LogP contribution in [0.15, 0.2) is 0 Å². The number of nitrogens with zero attached hydrogens (tertiary/aromatic N) is 1. The minimum Gasteiger partial charge on any atom is -0.315 e. The average molecular weight is 172 g/mol. The van der Waals surface area contributed by atoms with Crippen LogP contribution in [0.4, 0.5) is 0 Å². The van der Waals surface area contributed by atoms with Crippen LogP contribution < -0.4 is 5.32 Å². The molecule has 0 rings (SSSR count). The van der Waals surface area contributed by atoms with E-state index in [4.69, 9.17) is 0 Å². The standard InChI is InChI=1S/C10H24N2/c1-5-10(2)6-7-11-8-9-12(3)4/h10-11H,5-9H2,1-4H3. The summed E-state index contributed by atoms with van der Waals surface area (Å²) in [6.45, 7) is 7.99. The minimum atomic E-state index is 0.872. The molecule has 12 heavy (non-hydrogen) atoms. The maximum absolute atomic E-state index is 3.44. The monoisotopic (exact) mass is 172 g/mol. The van der Waals surface area contributed by atoms with Gasteiger partial charge < -0.3 is 10.2 Å². The van der Waals surface area contributed by atoms with Crippen molar-refractivity contribution >= 4 is 0 Å². The van der Waals surface area contributed by atoms with Crippen LogP contribution in [0.2, 0.25) is 0 Å². The molecule has 0 saturated heterocycles. The van der Waals surface area contributed by atoms with E-state index in [2.05, 4.69) is 38.2 Å². The van der Waals surface area contributed by atoms with Crippen LogP contribution >= 0.6 is 0 Å². The molecule has 0 radical (unpaired) electrons. The largest absolute Gasteiger partial charge is 0.315 e. The summed E-state index contributed by atoms with van der Waals surface area (Å²) in [5.41, 5.74) is 0. The lowest BCUT2D eigenvalue weighted by Crippen LogP contribution is -2.27. The molecule has 1 unspecified atom stereocenters. The van der Waals surface area contributed by atoms with Crippen molar-refractivity contribution < 1.29 is 0 Å². The smallest absolute Gasteiger partial charge is 0.0101 e. The normalized spacial score (nSPS) is 13.8. The third-order valence-electron chi connectivity index (χ3n) is 2.25. The van der Waals surface area contributed by atoms with Gasteiger partial charge in [0.1, 0.15) is 0 Å². The molecule has 0 saturated carbocycles. The van der Waals surface area contributed by atoms with Crippen molar-refractivity contribution in [2.45, 2.75) is 26.7 Å². The average Bonchev–Trinajstić information content (AvgIpc) is 2.03. The molecular weight excluding hydrogens is 148 g/mol. The van der Waals surface area contributed by atoms with Crippen LogP contribution in [-0.2, 0) is 0 Å². The lowest BCUT2D eigenvalue weighted by Gasteiger charge is -2.12. The van der Waals surface area contributed by atoms with E-state index in [1.165, 1.54) is 19.4 Å². The second-order valence-corrected chi connectivity index (χ2v) is 3.86. The lowest BCUT2D eigenvalue weighted by molar-refractivity contribution is 0.392. The summed E-state index contributed by atoms with van der Waals surface area (Å²) in [5.74, 6) is 0.872. The first-order valence-electron chi connectivity index (χ1n) is 5.02. The van der Waals surface area contributed by atoms with Crippen molar-refractivity contribution in [2.75, 3.05) is 33.7 Å². The van der Waals surface area contributed by atoms with Gasteiger partial charge in [-0.05, 0) is 33.0 Å². The van der Waals surface area contributed by atoms with Gasteiger partial charge in [-0.15, -0.1) is 0 Å². The topological polar surface area (TPSA) is 15.3 Å². The summed E-state index contributed by atoms with van der Waals surface area (Å²) in [6, 6.07) is 0. The molecule has 2 nitrogen and oxygen atoms in total. The first-order valence-corrected chi connectivity index (χ1v) is 5.02. The van der Waals surface area contributed by atoms with Crippen LogP contribution in [0.5, 0.6) is 0 Å². The summed E-state index contributed by atoms with van der Waals surface area (Å²) >= 11 is 0. The molecule has 0 fully saturated rings. The van der Waals surface area contributed by atoms with E-state index in [9.17, 15) is 0 Å². The van der Waals surface area contributed by atoms with Crippen molar-refractivity contribution in [2.24, 2.45) is 5.92 Å². The van der Waals surface area contributed by atoms with Crippen molar-refractivity contribution in [1.29, 1.82) is 0 Å². The Morgan fingerprint density at radius 3 is 2.42 bits per heavy atom. The zero-order chi connectivity index (χ0) is 9.40. The Kier molecular flexibility index (Phi) is 7.51. The van der Waals surface area contributed by atoms with Crippen LogP contribution in [0.3, 0.4) is 0 Å². The summed E-state index contributed by atoms with van der Waals surface area (Å²) in [7, 11) is 4.21. The Hall–Kier alpha value is -0.0800. The predicted molar refractivity (Wildman–Crippen MR) is 55.5 cm³/mol. The summed E-state index contributed by atoms with van der Waals surface area (Å²) in [6.07, 6.45) is 2.61.